The molecule has 57 heavy (non-hydrogen) atoms. The van der Waals surface area contributed by atoms with Crippen molar-refractivity contribution in [2.24, 2.45) is 0 Å². The van der Waals surface area contributed by atoms with Gasteiger partial charge in [-0.1, -0.05) is 145 Å². The Morgan fingerprint density at radius 2 is 1.00 bits per heavy atom. The van der Waals surface area contributed by atoms with Gasteiger partial charge in [0, 0.05) is 19.3 Å². The Labute approximate surface area is 349 Å². The van der Waals surface area contributed by atoms with Gasteiger partial charge in [-0.3, -0.25) is 9.59 Å². The van der Waals surface area contributed by atoms with Crippen LogP contribution in [0, 0.1) is 0 Å². The number of allylic oxidation sites excluding steroid dienone is 12. The number of ether oxygens (including phenoxy) is 3. The van der Waals surface area contributed by atoms with Gasteiger partial charge < -0.3 is 23.8 Å². The summed E-state index contributed by atoms with van der Waals surface area (Å²) < 4.78 is 17.2. The number of hydrogen-bond acceptors (Lipinski definition) is 6. The lowest BCUT2D eigenvalue weighted by molar-refractivity contribution is -0.887. The second kappa shape index (κ2) is 39.6. The molecule has 0 spiro atoms. The third-order valence-electron chi connectivity index (χ3n) is 9.59. The van der Waals surface area contributed by atoms with Gasteiger partial charge in [0.25, 0.3) is 0 Å². The third-order valence-corrected chi connectivity index (χ3v) is 9.59. The first kappa shape index (κ1) is 53.8. The largest absolute Gasteiger partial charge is 0.477 e. The fourth-order valence-corrected chi connectivity index (χ4v) is 6.12. The van der Waals surface area contributed by atoms with Crippen molar-refractivity contribution < 1.29 is 38.2 Å². The van der Waals surface area contributed by atoms with Crippen molar-refractivity contribution in [1.29, 1.82) is 0 Å². The molecule has 0 aromatic heterocycles. The standard InChI is InChI=1S/C49H83NO7/c1-6-8-10-12-14-16-18-20-22-24-26-27-29-31-33-35-37-39-47(51)56-44-45(43-55-42-41-46(49(53)54)50(3,4)5)57-48(52)40-38-36-34-32-30-28-25-23-21-19-17-15-13-11-9-7-2/h9,11,15,17,20-23,26-27,31,33,45-46H,6-8,10,12-14,16,18-19,24-25,28-30,32,34-44H2,1-5H3/p+1/b11-9+,17-15+,22-20+,23-21+,27-26+,33-31+. The van der Waals surface area contributed by atoms with E-state index in [-0.39, 0.29) is 42.7 Å². The minimum atomic E-state index is -0.886. The Bertz CT molecular complexity index is 1160. The van der Waals surface area contributed by atoms with E-state index in [9.17, 15) is 19.5 Å². The topological polar surface area (TPSA) is 99.1 Å². The number of carbonyl (C=O) groups excluding carboxylic acids is 2. The number of carbonyl (C=O) groups is 3. The monoisotopic (exact) mass is 799 g/mol. The molecular weight excluding hydrogens is 715 g/mol. The molecule has 0 rings (SSSR count). The van der Waals surface area contributed by atoms with Crippen molar-refractivity contribution in [2.75, 3.05) is 41.0 Å². The SMILES string of the molecule is CC/C=C/C/C=C/C/C=C/CCCCCCCCC(=O)OC(COCCC(C(=O)O)[N+](C)(C)C)COC(=O)CCC/C=C/C/C=C/C/C=C/CCCCCCCC. The first-order valence-electron chi connectivity index (χ1n) is 22.5. The van der Waals surface area contributed by atoms with E-state index in [1.165, 1.54) is 57.8 Å². The molecule has 326 valence electrons. The Kier molecular flexibility index (Phi) is 37.3. The molecule has 0 aliphatic carbocycles. The molecule has 1 N–H and O–H groups in total. The molecule has 0 aromatic carbocycles. The van der Waals surface area contributed by atoms with Gasteiger partial charge in [0.2, 0.25) is 0 Å². The number of esters is 2. The van der Waals surface area contributed by atoms with E-state index in [2.05, 4.69) is 86.8 Å². The zero-order valence-corrected chi connectivity index (χ0v) is 37.0. The molecule has 0 aliphatic rings. The molecule has 0 saturated heterocycles. The third kappa shape index (κ3) is 38.1. The number of hydrogen-bond donors (Lipinski definition) is 1. The molecule has 8 nitrogen and oxygen atoms in total. The van der Waals surface area contributed by atoms with Crippen LogP contribution in [0.2, 0.25) is 0 Å². The minimum absolute atomic E-state index is 0.0364. The number of unbranched alkanes of at least 4 members (excludes halogenated alkanes) is 13. The normalized spacial score (nSPS) is 13.6. The van der Waals surface area contributed by atoms with Gasteiger partial charge in [-0.15, -0.1) is 0 Å². The van der Waals surface area contributed by atoms with Crippen LogP contribution in [0.4, 0.5) is 0 Å². The fourth-order valence-electron chi connectivity index (χ4n) is 6.12. The number of likely N-dealkylation sites (N-methyl/N-ethyl adjacent to an activating group) is 1. The summed E-state index contributed by atoms with van der Waals surface area (Å²) in [4.78, 5) is 37.0. The maximum atomic E-state index is 12.7. The summed E-state index contributed by atoms with van der Waals surface area (Å²) in [7, 11) is 5.50. The average molecular weight is 799 g/mol. The maximum Gasteiger partial charge on any atom is 0.362 e. The van der Waals surface area contributed by atoms with Gasteiger partial charge >= 0.3 is 17.9 Å². The Balaban J connectivity index is 4.45. The molecular formula is C49H84NO7+. The van der Waals surface area contributed by atoms with Crippen molar-refractivity contribution >= 4 is 17.9 Å². The zero-order valence-electron chi connectivity index (χ0n) is 37.0. The molecule has 0 amide bonds. The molecule has 8 heteroatoms. The van der Waals surface area contributed by atoms with E-state index in [4.69, 9.17) is 14.2 Å². The molecule has 0 saturated carbocycles. The number of carboxylic acid groups (broad SMARTS) is 1. The van der Waals surface area contributed by atoms with Gasteiger partial charge in [0.05, 0.1) is 34.4 Å². The second-order valence-electron chi connectivity index (χ2n) is 15.9. The van der Waals surface area contributed by atoms with E-state index in [0.717, 1.165) is 70.6 Å². The Morgan fingerprint density at radius 1 is 0.544 bits per heavy atom. The minimum Gasteiger partial charge on any atom is -0.477 e. The first-order chi connectivity index (χ1) is 27.6. The fraction of sp³-hybridized carbons (Fsp3) is 0.694. The molecule has 0 radical (unpaired) electrons. The van der Waals surface area contributed by atoms with Crippen LogP contribution in [0.1, 0.15) is 168 Å². The highest BCUT2D eigenvalue weighted by Crippen LogP contribution is 2.13. The first-order valence-corrected chi connectivity index (χ1v) is 22.5. The number of quaternary nitrogens is 1. The van der Waals surface area contributed by atoms with E-state index < -0.39 is 18.1 Å². The highest BCUT2D eigenvalue weighted by Gasteiger charge is 2.31. The predicted molar refractivity (Wildman–Crippen MR) is 238 cm³/mol. The number of aliphatic carboxylic acids is 1. The van der Waals surface area contributed by atoms with Crippen LogP contribution in [-0.4, -0.2) is 80.6 Å². The lowest BCUT2D eigenvalue weighted by atomic mass is 10.1. The summed E-state index contributed by atoms with van der Waals surface area (Å²) >= 11 is 0. The molecule has 0 fully saturated rings. The van der Waals surface area contributed by atoms with Crippen LogP contribution in [-0.2, 0) is 28.6 Å². The quantitative estimate of drug-likeness (QED) is 0.0286. The molecule has 0 aliphatic heterocycles. The van der Waals surface area contributed by atoms with Crippen LogP contribution in [0.5, 0.6) is 0 Å². The molecule has 0 bridgehead atoms. The van der Waals surface area contributed by atoms with Crippen LogP contribution in [0.25, 0.3) is 0 Å². The van der Waals surface area contributed by atoms with E-state index >= 15 is 0 Å². The van der Waals surface area contributed by atoms with Gasteiger partial charge in [0.1, 0.15) is 6.61 Å². The van der Waals surface area contributed by atoms with Gasteiger partial charge in [-0.2, -0.15) is 0 Å². The highest BCUT2D eigenvalue weighted by atomic mass is 16.6. The van der Waals surface area contributed by atoms with E-state index in [1.807, 2.05) is 21.1 Å². The molecule has 2 atom stereocenters. The van der Waals surface area contributed by atoms with Gasteiger partial charge in [0.15, 0.2) is 12.1 Å². The maximum absolute atomic E-state index is 12.7. The summed E-state index contributed by atoms with van der Waals surface area (Å²) in [6.45, 7) is 4.54. The molecule has 2 unspecified atom stereocenters. The Hall–Kier alpha value is -3.23. The number of rotatable bonds is 39. The summed E-state index contributed by atoms with van der Waals surface area (Å²) in [5.74, 6) is -1.56. The van der Waals surface area contributed by atoms with Crippen molar-refractivity contribution in [3.63, 3.8) is 0 Å². The predicted octanol–water partition coefficient (Wildman–Crippen LogP) is 12.4. The lowest BCUT2D eigenvalue weighted by Gasteiger charge is -2.31. The van der Waals surface area contributed by atoms with Crippen molar-refractivity contribution in [2.45, 2.75) is 180 Å². The number of nitrogens with zero attached hydrogens (tertiary/aromatic N) is 1. The highest BCUT2D eigenvalue weighted by molar-refractivity contribution is 5.72. The smallest absolute Gasteiger partial charge is 0.362 e. The van der Waals surface area contributed by atoms with Crippen LogP contribution in [0.3, 0.4) is 0 Å². The number of carboxylic acids is 1. The molecule has 0 aromatic rings. The average Bonchev–Trinajstić information content (AvgIpc) is 3.17. The van der Waals surface area contributed by atoms with Crippen LogP contribution < -0.4 is 0 Å². The summed E-state index contributed by atoms with van der Waals surface area (Å²) in [6, 6.07) is -0.627. The van der Waals surface area contributed by atoms with Gasteiger partial charge in [-0.05, 0) is 77.0 Å². The summed E-state index contributed by atoms with van der Waals surface area (Å²) in [5, 5.41) is 9.62. The van der Waals surface area contributed by atoms with Crippen molar-refractivity contribution in [1.82, 2.24) is 0 Å². The second-order valence-corrected chi connectivity index (χ2v) is 15.9. The van der Waals surface area contributed by atoms with E-state index in [0.29, 0.717) is 19.3 Å². The van der Waals surface area contributed by atoms with E-state index in [1.54, 1.807) is 0 Å². The Morgan fingerprint density at radius 3 is 1.51 bits per heavy atom. The van der Waals surface area contributed by atoms with Crippen LogP contribution >= 0.6 is 0 Å². The van der Waals surface area contributed by atoms with Gasteiger partial charge in [-0.25, -0.2) is 4.79 Å². The van der Waals surface area contributed by atoms with Crippen molar-refractivity contribution in [3.05, 3.63) is 72.9 Å². The molecule has 0 heterocycles. The van der Waals surface area contributed by atoms with Crippen LogP contribution in [0.15, 0.2) is 72.9 Å². The summed E-state index contributed by atoms with van der Waals surface area (Å²) in [5.41, 5.74) is 0. The lowest BCUT2D eigenvalue weighted by Crippen LogP contribution is -2.50. The van der Waals surface area contributed by atoms with Crippen molar-refractivity contribution in [3.8, 4) is 0 Å². The zero-order chi connectivity index (χ0) is 42.1. The summed E-state index contributed by atoms with van der Waals surface area (Å²) in [6.07, 6.45) is 49.5.